The van der Waals surface area contributed by atoms with Gasteiger partial charge in [-0.15, -0.1) is 0 Å². The first kappa shape index (κ1) is 23.9. The summed E-state index contributed by atoms with van der Waals surface area (Å²) in [5.41, 5.74) is -0.578. The van der Waals surface area contributed by atoms with Crippen LogP contribution in [0.3, 0.4) is 0 Å². The van der Waals surface area contributed by atoms with Crippen molar-refractivity contribution < 1.29 is 27.5 Å². The van der Waals surface area contributed by atoms with Crippen LogP contribution in [0.2, 0.25) is 0 Å². The average Bonchev–Trinajstić information content (AvgIpc) is 2.56. The van der Waals surface area contributed by atoms with Crippen LogP contribution in [-0.4, -0.2) is 57.0 Å². The topological polar surface area (TPSA) is 102 Å². The van der Waals surface area contributed by atoms with Crippen molar-refractivity contribution in [1.29, 1.82) is 0 Å². The second-order valence-corrected chi connectivity index (χ2v) is 9.20. The van der Waals surface area contributed by atoms with Gasteiger partial charge in [-0.1, -0.05) is 0 Å². The second kappa shape index (κ2) is 9.38. The lowest BCUT2D eigenvalue weighted by Gasteiger charge is -2.26. The summed E-state index contributed by atoms with van der Waals surface area (Å²) in [6, 6.07) is 3.87. The number of amides is 1. The van der Waals surface area contributed by atoms with Crippen molar-refractivity contribution in [2.75, 3.05) is 20.3 Å². The van der Waals surface area contributed by atoms with Gasteiger partial charge >= 0.3 is 5.97 Å². The molecule has 0 bridgehead atoms. The molecular weight excluding hydrogens is 384 g/mol. The third kappa shape index (κ3) is 6.49. The molecule has 28 heavy (non-hydrogen) atoms. The molecule has 1 amide bonds. The van der Waals surface area contributed by atoms with Crippen molar-refractivity contribution in [3.63, 3.8) is 0 Å². The second-order valence-electron chi connectivity index (χ2n) is 7.55. The van der Waals surface area contributed by atoms with Crippen LogP contribution in [-0.2, 0) is 19.6 Å². The minimum Gasteiger partial charge on any atom is -0.495 e. The van der Waals surface area contributed by atoms with Gasteiger partial charge < -0.3 is 14.4 Å². The van der Waals surface area contributed by atoms with Crippen LogP contribution in [0.15, 0.2) is 23.1 Å². The highest BCUT2D eigenvalue weighted by Gasteiger charge is 2.28. The van der Waals surface area contributed by atoms with Crippen LogP contribution in [0, 0.1) is 0 Å². The van der Waals surface area contributed by atoms with Gasteiger partial charge in [0.05, 0.1) is 13.7 Å². The number of benzene rings is 1. The molecule has 0 aliphatic heterocycles. The van der Waals surface area contributed by atoms with E-state index in [1.54, 1.807) is 41.5 Å². The predicted molar refractivity (Wildman–Crippen MR) is 106 cm³/mol. The third-order valence-corrected chi connectivity index (χ3v) is 5.41. The van der Waals surface area contributed by atoms with Crippen molar-refractivity contribution in [3.8, 4) is 5.75 Å². The van der Waals surface area contributed by atoms with E-state index in [4.69, 9.17) is 9.47 Å². The number of rotatable bonds is 8. The van der Waals surface area contributed by atoms with E-state index < -0.39 is 27.4 Å². The number of hydrogen-bond acceptors (Lipinski definition) is 6. The molecule has 0 aliphatic rings. The number of esters is 1. The molecule has 1 rings (SSSR count). The summed E-state index contributed by atoms with van der Waals surface area (Å²) in [4.78, 5) is 26.0. The summed E-state index contributed by atoms with van der Waals surface area (Å²) >= 11 is 0. The Hall–Kier alpha value is -2.13. The van der Waals surface area contributed by atoms with E-state index in [-0.39, 0.29) is 35.4 Å². The SMILES string of the molecule is CCOC(=O)CN(C(=O)c1ccc(OC)c(S(=O)(=O)NC(C)(C)C)c1)C(C)C. The molecule has 0 heterocycles. The van der Waals surface area contributed by atoms with Gasteiger partial charge in [-0.25, -0.2) is 13.1 Å². The van der Waals surface area contributed by atoms with Crippen LogP contribution in [0.25, 0.3) is 0 Å². The summed E-state index contributed by atoms with van der Waals surface area (Å²) in [5.74, 6) is -0.881. The zero-order chi connectivity index (χ0) is 21.7. The molecule has 0 aromatic heterocycles. The van der Waals surface area contributed by atoms with E-state index in [1.807, 2.05) is 0 Å². The molecule has 0 atom stereocenters. The van der Waals surface area contributed by atoms with Gasteiger partial charge in [-0.3, -0.25) is 9.59 Å². The Morgan fingerprint density at radius 3 is 2.29 bits per heavy atom. The van der Waals surface area contributed by atoms with Crippen LogP contribution in [0.4, 0.5) is 0 Å². The number of carbonyl (C=O) groups excluding carboxylic acids is 2. The molecule has 0 unspecified atom stereocenters. The molecule has 0 radical (unpaired) electrons. The molecule has 1 aromatic carbocycles. The van der Waals surface area contributed by atoms with Crippen molar-refractivity contribution in [1.82, 2.24) is 9.62 Å². The lowest BCUT2D eigenvalue weighted by atomic mass is 10.1. The van der Waals surface area contributed by atoms with Crippen molar-refractivity contribution in [2.45, 2.75) is 58.0 Å². The van der Waals surface area contributed by atoms with Crippen molar-refractivity contribution in [3.05, 3.63) is 23.8 Å². The first-order valence-electron chi connectivity index (χ1n) is 9.01. The van der Waals surface area contributed by atoms with Gasteiger partial charge in [-0.2, -0.15) is 0 Å². The van der Waals surface area contributed by atoms with E-state index >= 15 is 0 Å². The van der Waals surface area contributed by atoms with Crippen LogP contribution < -0.4 is 9.46 Å². The maximum Gasteiger partial charge on any atom is 0.325 e. The van der Waals surface area contributed by atoms with E-state index in [0.29, 0.717) is 0 Å². The maximum atomic E-state index is 13.0. The number of nitrogens with zero attached hydrogens (tertiary/aromatic N) is 1. The summed E-state index contributed by atoms with van der Waals surface area (Å²) in [7, 11) is -2.58. The molecular formula is C19H30N2O6S. The van der Waals surface area contributed by atoms with Gasteiger partial charge in [0.25, 0.3) is 5.91 Å². The molecule has 0 aliphatic carbocycles. The Labute approximate surface area is 167 Å². The molecule has 0 fully saturated rings. The molecule has 158 valence electrons. The summed E-state index contributed by atoms with van der Waals surface area (Å²) in [5, 5.41) is 0. The standard InChI is InChI=1S/C19H30N2O6S/c1-8-27-17(22)12-21(13(2)3)18(23)14-9-10-15(26-7)16(11-14)28(24,25)20-19(4,5)6/h9-11,13,20H,8,12H2,1-7H3. The van der Waals surface area contributed by atoms with Crippen LogP contribution >= 0.6 is 0 Å². The van der Waals surface area contributed by atoms with Crippen LogP contribution in [0.5, 0.6) is 5.75 Å². The fourth-order valence-corrected chi connectivity index (χ4v) is 4.09. The number of nitrogens with one attached hydrogen (secondary N) is 1. The van der Waals surface area contributed by atoms with E-state index in [0.717, 1.165) is 0 Å². The fraction of sp³-hybridized carbons (Fsp3) is 0.579. The van der Waals surface area contributed by atoms with Gasteiger partial charge in [0.15, 0.2) is 0 Å². The first-order chi connectivity index (χ1) is 12.8. The lowest BCUT2D eigenvalue weighted by molar-refractivity contribution is -0.144. The maximum absolute atomic E-state index is 13.0. The first-order valence-corrected chi connectivity index (χ1v) is 10.5. The number of carbonyl (C=O) groups is 2. The van der Waals surface area contributed by atoms with Gasteiger partial charge in [-0.05, 0) is 59.7 Å². The molecule has 0 saturated carbocycles. The summed E-state index contributed by atoms with van der Waals surface area (Å²) in [6.07, 6.45) is 0. The van der Waals surface area contributed by atoms with Crippen molar-refractivity contribution in [2.24, 2.45) is 0 Å². The van der Waals surface area contributed by atoms with Gasteiger partial charge in [0.2, 0.25) is 10.0 Å². The number of hydrogen-bond donors (Lipinski definition) is 1. The third-order valence-electron chi connectivity index (χ3n) is 3.63. The Morgan fingerprint density at radius 1 is 1.21 bits per heavy atom. The van der Waals surface area contributed by atoms with Crippen LogP contribution in [0.1, 0.15) is 51.9 Å². The zero-order valence-electron chi connectivity index (χ0n) is 17.5. The molecule has 0 saturated heterocycles. The highest BCUT2D eigenvalue weighted by molar-refractivity contribution is 7.89. The Balaban J connectivity index is 3.34. The lowest BCUT2D eigenvalue weighted by Crippen LogP contribution is -2.42. The Kier molecular flexibility index (Phi) is 8.01. The summed E-state index contributed by atoms with van der Waals surface area (Å²) in [6.45, 7) is 10.3. The Morgan fingerprint density at radius 2 is 1.82 bits per heavy atom. The fourth-order valence-electron chi connectivity index (χ4n) is 2.48. The highest BCUT2D eigenvalue weighted by atomic mass is 32.2. The molecule has 1 aromatic rings. The average molecular weight is 415 g/mol. The number of sulfonamides is 1. The molecule has 1 N–H and O–H groups in total. The minimum atomic E-state index is -3.93. The van der Waals surface area contributed by atoms with E-state index in [2.05, 4.69) is 4.72 Å². The quantitative estimate of drug-likeness (QED) is 0.654. The molecule has 8 nitrogen and oxygen atoms in total. The van der Waals surface area contributed by atoms with E-state index in [1.165, 1.54) is 30.2 Å². The number of ether oxygens (including phenoxy) is 2. The molecule has 0 spiro atoms. The largest absolute Gasteiger partial charge is 0.495 e. The normalized spacial score (nSPS) is 12.0. The molecule has 9 heteroatoms. The number of methoxy groups -OCH3 is 1. The smallest absolute Gasteiger partial charge is 0.325 e. The van der Waals surface area contributed by atoms with E-state index in [9.17, 15) is 18.0 Å². The van der Waals surface area contributed by atoms with Gasteiger partial charge in [0, 0.05) is 17.1 Å². The zero-order valence-corrected chi connectivity index (χ0v) is 18.3. The summed E-state index contributed by atoms with van der Waals surface area (Å²) < 4.78 is 38.2. The highest BCUT2D eigenvalue weighted by Crippen LogP contribution is 2.27. The van der Waals surface area contributed by atoms with Gasteiger partial charge in [0.1, 0.15) is 17.2 Å². The predicted octanol–water partition coefficient (Wildman–Crippen LogP) is 2.19. The van der Waals surface area contributed by atoms with Crippen molar-refractivity contribution >= 4 is 21.9 Å². The monoisotopic (exact) mass is 414 g/mol. The minimum absolute atomic E-state index is 0.120. The Bertz CT molecular complexity index is 812.